The molecule has 0 saturated heterocycles. The number of carbonyl (C=O) groups is 2. The van der Waals surface area contributed by atoms with Crippen LogP contribution in [0.15, 0.2) is 24.3 Å². The van der Waals surface area contributed by atoms with Crippen molar-refractivity contribution in [3.05, 3.63) is 35.4 Å². The topological polar surface area (TPSA) is 90.2 Å². The highest BCUT2D eigenvalue weighted by atomic mass is 16.4. The van der Waals surface area contributed by atoms with Crippen molar-refractivity contribution in [3.63, 3.8) is 0 Å². The molecule has 1 rings (SSSR count). The van der Waals surface area contributed by atoms with Crippen molar-refractivity contribution < 1.29 is 14.7 Å². The minimum Gasteiger partial charge on any atom is -0.481 e. The lowest BCUT2D eigenvalue weighted by atomic mass is 9.80. The fraction of sp³-hybridized carbons (Fsp3) is 0.471. The number of carbonyl (C=O) groups excluding carboxylic acids is 1. The number of aliphatic carboxylic acids is 1. The monoisotopic (exact) mass is 302 g/mol. The summed E-state index contributed by atoms with van der Waals surface area (Å²) in [7, 11) is 0. The predicted molar refractivity (Wildman–Crippen MR) is 83.3 cm³/mol. The summed E-state index contributed by atoms with van der Waals surface area (Å²) in [6.07, 6.45) is 0.571. The molecule has 1 aromatic rings. The predicted octanol–water partition coefficient (Wildman–Crippen LogP) is 2.81. The Labute approximate surface area is 131 Å². The van der Waals surface area contributed by atoms with E-state index in [0.29, 0.717) is 17.5 Å². The molecular weight excluding hydrogens is 280 g/mol. The zero-order chi connectivity index (χ0) is 16.9. The maximum atomic E-state index is 12.3. The second-order valence-electron chi connectivity index (χ2n) is 6.37. The molecule has 118 valence electrons. The molecule has 5 nitrogen and oxygen atoms in total. The highest BCUT2D eigenvalue weighted by molar-refractivity contribution is 5.95. The van der Waals surface area contributed by atoms with Crippen molar-refractivity contribution in [1.29, 1.82) is 5.26 Å². The molecule has 22 heavy (non-hydrogen) atoms. The summed E-state index contributed by atoms with van der Waals surface area (Å²) in [5, 5.41) is 21.0. The Kier molecular flexibility index (Phi) is 5.69. The molecule has 0 aliphatic carbocycles. The zero-order valence-corrected chi connectivity index (χ0v) is 13.4. The number of nitrogens with one attached hydrogen (secondary N) is 1. The van der Waals surface area contributed by atoms with Crippen LogP contribution in [0.2, 0.25) is 0 Å². The first-order chi connectivity index (χ1) is 10.2. The largest absolute Gasteiger partial charge is 0.481 e. The van der Waals surface area contributed by atoms with Gasteiger partial charge in [-0.2, -0.15) is 5.26 Å². The summed E-state index contributed by atoms with van der Waals surface area (Å²) < 4.78 is 0. The molecular formula is C17H22N2O3. The number of benzene rings is 1. The average molecular weight is 302 g/mol. The van der Waals surface area contributed by atoms with Crippen molar-refractivity contribution in [3.8, 4) is 6.07 Å². The van der Waals surface area contributed by atoms with Gasteiger partial charge in [0.25, 0.3) is 5.91 Å². The molecule has 0 spiro atoms. The number of carboxylic acids is 1. The van der Waals surface area contributed by atoms with E-state index in [-0.39, 0.29) is 11.8 Å². The highest BCUT2D eigenvalue weighted by Crippen LogP contribution is 2.26. The molecule has 0 aliphatic heterocycles. The van der Waals surface area contributed by atoms with Gasteiger partial charge in [-0.3, -0.25) is 9.59 Å². The maximum Gasteiger partial charge on any atom is 0.311 e. The molecule has 5 heteroatoms. The third kappa shape index (κ3) is 4.32. The van der Waals surface area contributed by atoms with E-state index in [2.05, 4.69) is 5.32 Å². The first-order valence-corrected chi connectivity index (χ1v) is 7.23. The van der Waals surface area contributed by atoms with Gasteiger partial charge in [-0.15, -0.1) is 0 Å². The van der Waals surface area contributed by atoms with Crippen LogP contribution in [0.3, 0.4) is 0 Å². The number of nitriles is 1. The lowest BCUT2D eigenvalue weighted by Crippen LogP contribution is -2.49. The zero-order valence-electron chi connectivity index (χ0n) is 13.4. The normalized spacial score (nSPS) is 12.5. The van der Waals surface area contributed by atoms with Crippen LogP contribution >= 0.6 is 0 Å². The van der Waals surface area contributed by atoms with Gasteiger partial charge in [-0.25, -0.2) is 0 Å². The minimum atomic E-state index is -1.06. The number of amides is 1. The van der Waals surface area contributed by atoms with Crippen LogP contribution in [-0.4, -0.2) is 23.0 Å². The Morgan fingerprint density at radius 2 is 1.82 bits per heavy atom. The van der Waals surface area contributed by atoms with E-state index in [1.54, 1.807) is 38.1 Å². The summed E-state index contributed by atoms with van der Waals surface area (Å²) in [4.78, 5) is 23.8. The number of hydrogen-bond donors (Lipinski definition) is 2. The van der Waals surface area contributed by atoms with Crippen LogP contribution in [0.5, 0.6) is 0 Å². The summed E-state index contributed by atoms with van der Waals surface area (Å²) in [6.45, 7) is 7.19. The van der Waals surface area contributed by atoms with E-state index in [4.69, 9.17) is 5.26 Å². The quantitative estimate of drug-likeness (QED) is 0.845. The standard InChI is InChI=1S/C17H22N2O3/c1-11(2)9-14(17(3,4)16(21)22)19-15(20)13-7-5-12(10-18)6-8-13/h5-8,11,14H,9H2,1-4H3,(H,19,20)(H,21,22). The van der Waals surface area contributed by atoms with Gasteiger partial charge < -0.3 is 10.4 Å². The third-order valence-corrected chi connectivity index (χ3v) is 3.71. The van der Waals surface area contributed by atoms with E-state index in [0.717, 1.165) is 0 Å². The Bertz CT molecular complexity index is 583. The second-order valence-corrected chi connectivity index (χ2v) is 6.37. The minimum absolute atomic E-state index is 0.255. The van der Waals surface area contributed by atoms with Gasteiger partial charge in [0, 0.05) is 11.6 Å². The van der Waals surface area contributed by atoms with Crippen molar-refractivity contribution >= 4 is 11.9 Å². The summed E-state index contributed by atoms with van der Waals surface area (Å²) in [5.74, 6) is -1.02. The van der Waals surface area contributed by atoms with Gasteiger partial charge >= 0.3 is 5.97 Å². The molecule has 0 radical (unpaired) electrons. The third-order valence-electron chi connectivity index (χ3n) is 3.71. The average Bonchev–Trinajstić information content (AvgIpc) is 2.45. The van der Waals surface area contributed by atoms with Crippen LogP contribution in [0.4, 0.5) is 0 Å². The Morgan fingerprint density at radius 1 is 1.27 bits per heavy atom. The van der Waals surface area contributed by atoms with E-state index in [9.17, 15) is 14.7 Å². The number of rotatable bonds is 6. The molecule has 0 heterocycles. The molecule has 1 aromatic carbocycles. The Balaban J connectivity index is 2.95. The van der Waals surface area contributed by atoms with E-state index in [1.807, 2.05) is 19.9 Å². The Hall–Kier alpha value is -2.35. The van der Waals surface area contributed by atoms with Crippen molar-refractivity contribution in [2.75, 3.05) is 0 Å². The first-order valence-electron chi connectivity index (χ1n) is 7.23. The summed E-state index contributed by atoms with van der Waals surface area (Å²) in [5.41, 5.74) is -0.179. The molecule has 1 atom stereocenters. The van der Waals surface area contributed by atoms with E-state index in [1.165, 1.54) is 0 Å². The molecule has 0 aliphatic rings. The van der Waals surface area contributed by atoms with Gasteiger partial charge in [0.1, 0.15) is 0 Å². The molecule has 1 unspecified atom stereocenters. The lowest BCUT2D eigenvalue weighted by Gasteiger charge is -2.32. The fourth-order valence-electron chi connectivity index (χ4n) is 2.09. The van der Waals surface area contributed by atoms with Crippen LogP contribution in [0.1, 0.15) is 50.0 Å². The second kappa shape index (κ2) is 7.08. The maximum absolute atomic E-state index is 12.3. The van der Waals surface area contributed by atoms with E-state index < -0.39 is 17.4 Å². The van der Waals surface area contributed by atoms with Crippen LogP contribution in [0.25, 0.3) is 0 Å². The Morgan fingerprint density at radius 3 is 2.23 bits per heavy atom. The molecule has 0 bridgehead atoms. The SMILES string of the molecule is CC(C)CC(NC(=O)c1ccc(C#N)cc1)C(C)(C)C(=O)O. The van der Waals surface area contributed by atoms with Gasteiger partial charge in [0.15, 0.2) is 0 Å². The van der Waals surface area contributed by atoms with Gasteiger partial charge in [0.05, 0.1) is 17.0 Å². The van der Waals surface area contributed by atoms with Crippen LogP contribution < -0.4 is 5.32 Å². The van der Waals surface area contributed by atoms with Crippen molar-refractivity contribution in [2.45, 2.75) is 40.2 Å². The number of carboxylic acid groups (broad SMARTS) is 1. The molecule has 0 fully saturated rings. The van der Waals surface area contributed by atoms with Crippen LogP contribution in [-0.2, 0) is 4.79 Å². The van der Waals surface area contributed by atoms with Crippen LogP contribution in [0, 0.1) is 22.7 Å². The summed E-state index contributed by atoms with van der Waals surface area (Å²) in [6, 6.07) is 7.77. The summed E-state index contributed by atoms with van der Waals surface area (Å²) >= 11 is 0. The smallest absolute Gasteiger partial charge is 0.311 e. The first kappa shape index (κ1) is 17.7. The molecule has 2 N–H and O–H groups in total. The number of nitrogens with zero attached hydrogens (tertiary/aromatic N) is 1. The van der Waals surface area contributed by atoms with Gasteiger partial charge in [-0.05, 0) is 50.5 Å². The molecule has 0 aromatic heterocycles. The van der Waals surface area contributed by atoms with Gasteiger partial charge in [0.2, 0.25) is 0 Å². The van der Waals surface area contributed by atoms with Crippen molar-refractivity contribution in [2.24, 2.45) is 11.3 Å². The highest BCUT2D eigenvalue weighted by Gasteiger charge is 2.38. The molecule has 1 amide bonds. The van der Waals surface area contributed by atoms with Crippen molar-refractivity contribution in [1.82, 2.24) is 5.32 Å². The van der Waals surface area contributed by atoms with Gasteiger partial charge in [-0.1, -0.05) is 13.8 Å². The fourth-order valence-corrected chi connectivity index (χ4v) is 2.09. The number of hydrogen-bond acceptors (Lipinski definition) is 3. The lowest BCUT2D eigenvalue weighted by molar-refractivity contribution is -0.148. The van der Waals surface area contributed by atoms with E-state index >= 15 is 0 Å². The molecule has 0 saturated carbocycles.